The Bertz CT molecular complexity index is 783. The zero-order chi connectivity index (χ0) is 15.7. The molecule has 0 saturated heterocycles. The molecule has 0 unspecified atom stereocenters. The van der Waals surface area contributed by atoms with Crippen molar-refractivity contribution >= 4 is 46.4 Å². The maximum Gasteiger partial charge on any atom is 0.116 e. The molecule has 2 aromatic carbocycles. The standard InChI is InChI=1S/C16H8Cl4N2/c17-11-3-1-9(5-13(11)19)15-7-16(22-8-21-15)10-2-4-12(18)14(20)6-10/h1-8H. The number of nitrogens with zero attached hydrogens (tertiary/aromatic N) is 2. The largest absolute Gasteiger partial charge is 0.236 e. The van der Waals surface area contributed by atoms with Crippen molar-refractivity contribution in [1.29, 1.82) is 0 Å². The molecule has 3 rings (SSSR count). The number of rotatable bonds is 2. The predicted octanol–water partition coefficient (Wildman–Crippen LogP) is 6.42. The molecule has 0 bridgehead atoms. The van der Waals surface area contributed by atoms with E-state index in [0.717, 1.165) is 22.5 Å². The monoisotopic (exact) mass is 368 g/mol. The van der Waals surface area contributed by atoms with Gasteiger partial charge in [-0.1, -0.05) is 58.5 Å². The quantitative estimate of drug-likeness (QED) is 0.520. The van der Waals surface area contributed by atoms with Crippen LogP contribution >= 0.6 is 46.4 Å². The van der Waals surface area contributed by atoms with E-state index in [0.29, 0.717) is 20.1 Å². The Morgan fingerprint density at radius 1 is 0.545 bits per heavy atom. The zero-order valence-corrected chi connectivity index (χ0v) is 14.0. The van der Waals surface area contributed by atoms with Gasteiger partial charge in [0.05, 0.1) is 31.5 Å². The fourth-order valence-corrected chi connectivity index (χ4v) is 2.58. The van der Waals surface area contributed by atoms with E-state index < -0.39 is 0 Å². The Kier molecular flexibility index (Phi) is 4.55. The average Bonchev–Trinajstić information content (AvgIpc) is 2.53. The summed E-state index contributed by atoms with van der Waals surface area (Å²) in [6.45, 7) is 0. The number of hydrogen-bond acceptors (Lipinski definition) is 2. The van der Waals surface area contributed by atoms with Crippen molar-refractivity contribution in [3.8, 4) is 22.5 Å². The van der Waals surface area contributed by atoms with Gasteiger partial charge in [0.2, 0.25) is 0 Å². The van der Waals surface area contributed by atoms with E-state index in [1.54, 1.807) is 24.3 Å². The number of hydrogen-bond donors (Lipinski definition) is 0. The molecule has 1 heterocycles. The highest BCUT2D eigenvalue weighted by Crippen LogP contribution is 2.31. The fraction of sp³-hybridized carbons (Fsp3) is 0. The molecule has 0 saturated carbocycles. The van der Waals surface area contributed by atoms with Crippen LogP contribution in [0.15, 0.2) is 48.8 Å². The van der Waals surface area contributed by atoms with Gasteiger partial charge in [-0.2, -0.15) is 0 Å². The third kappa shape index (κ3) is 3.21. The summed E-state index contributed by atoms with van der Waals surface area (Å²) in [6.07, 6.45) is 1.50. The van der Waals surface area contributed by atoms with Crippen LogP contribution < -0.4 is 0 Å². The molecule has 110 valence electrons. The normalized spacial score (nSPS) is 10.7. The topological polar surface area (TPSA) is 25.8 Å². The summed E-state index contributed by atoms with van der Waals surface area (Å²) in [4.78, 5) is 8.55. The highest BCUT2D eigenvalue weighted by atomic mass is 35.5. The van der Waals surface area contributed by atoms with E-state index in [2.05, 4.69) is 9.97 Å². The molecule has 6 heteroatoms. The first kappa shape index (κ1) is 15.6. The van der Waals surface area contributed by atoms with Crippen LogP contribution in [0.2, 0.25) is 20.1 Å². The van der Waals surface area contributed by atoms with Gasteiger partial charge >= 0.3 is 0 Å². The Hall–Kier alpha value is -1.32. The second-order valence-electron chi connectivity index (χ2n) is 4.55. The molecule has 22 heavy (non-hydrogen) atoms. The maximum absolute atomic E-state index is 6.05. The molecule has 1 aromatic heterocycles. The molecule has 0 N–H and O–H groups in total. The van der Waals surface area contributed by atoms with Crippen LogP contribution in [0.4, 0.5) is 0 Å². The van der Waals surface area contributed by atoms with E-state index in [1.165, 1.54) is 6.33 Å². The first-order valence-electron chi connectivity index (χ1n) is 6.27. The van der Waals surface area contributed by atoms with E-state index in [-0.39, 0.29) is 0 Å². The molecule has 0 spiro atoms. The van der Waals surface area contributed by atoms with Gasteiger partial charge in [0.25, 0.3) is 0 Å². The minimum absolute atomic E-state index is 0.480. The molecule has 0 amide bonds. The summed E-state index contributed by atoms with van der Waals surface area (Å²) in [5.41, 5.74) is 3.21. The van der Waals surface area contributed by atoms with Gasteiger partial charge in [0.1, 0.15) is 6.33 Å². The SMILES string of the molecule is Clc1ccc(-c2cc(-c3ccc(Cl)c(Cl)c3)ncn2)cc1Cl. The summed E-state index contributed by atoms with van der Waals surface area (Å²) < 4.78 is 0. The second-order valence-corrected chi connectivity index (χ2v) is 6.18. The van der Waals surface area contributed by atoms with Crippen molar-refractivity contribution < 1.29 is 0 Å². The zero-order valence-electron chi connectivity index (χ0n) is 11.0. The predicted molar refractivity (Wildman–Crippen MR) is 92.9 cm³/mol. The Morgan fingerprint density at radius 3 is 1.41 bits per heavy atom. The first-order chi connectivity index (χ1) is 10.5. The lowest BCUT2D eigenvalue weighted by Gasteiger charge is -2.06. The minimum Gasteiger partial charge on any atom is -0.236 e. The van der Waals surface area contributed by atoms with Crippen molar-refractivity contribution in [1.82, 2.24) is 9.97 Å². The lowest BCUT2D eigenvalue weighted by molar-refractivity contribution is 1.18. The Balaban J connectivity index is 2.05. The Labute approximate surface area is 147 Å². The fourth-order valence-electron chi connectivity index (χ4n) is 1.98. The summed E-state index contributed by atoms with van der Waals surface area (Å²) >= 11 is 24.0. The number of halogens is 4. The first-order valence-corrected chi connectivity index (χ1v) is 7.78. The highest BCUT2D eigenvalue weighted by Gasteiger charge is 2.08. The van der Waals surface area contributed by atoms with E-state index in [1.807, 2.05) is 18.2 Å². The molecular formula is C16H8Cl4N2. The summed E-state index contributed by atoms with van der Waals surface area (Å²) in [5.74, 6) is 0. The highest BCUT2D eigenvalue weighted by molar-refractivity contribution is 6.42. The Morgan fingerprint density at radius 2 is 1.00 bits per heavy atom. The van der Waals surface area contributed by atoms with Crippen LogP contribution in [0, 0.1) is 0 Å². The third-order valence-corrected chi connectivity index (χ3v) is 4.58. The molecule has 3 aromatic rings. The summed E-state index contributed by atoms with van der Waals surface area (Å²) in [7, 11) is 0. The molecular weight excluding hydrogens is 362 g/mol. The minimum atomic E-state index is 0.480. The second kappa shape index (κ2) is 6.43. The van der Waals surface area contributed by atoms with E-state index >= 15 is 0 Å². The van der Waals surface area contributed by atoms with Crippen LogP contribution in [0.3, 0.4) is 0 Å². The molecule has 0 fully saturated rings. The molecule has 0 aliphatic rings. The molecule has 2 nitrogen and oxygen atoms in total. The summed E-state index contributed by atoms with van der Waals surface area (Å²) in [5, 5.41) is 1.97. The molecule has 0 aliphatic carbocycles. The van der Waals surface area contributed by atoms with Crippen LogP contribution in [-0.2, 0) is 0 Å². The van der Waals surface area contributed by atoms with Crippen LogP contribution in [0.25, 0.3) is 22.5 Å². The van der Waals surface area contributed by atoms with Crippen molar-refractivity contribution in [3.63, 3.8) is 0 Å². The van der Waals surface area contributed by atoms with Crippen molar-refractivity contribution in [3.05, 3.63) is 68.9 Å². The van der Waals surface area contributed by atoms with Crippen molar-refractivity contribution in [2.24, 2.45) is 0 Å². The number of aromatic nitrogens is 2. The van der Waals surface area contributed by atoms with Crippen LogP contribution in [-0.4, -0.2) is 9.97 Å². The van der Waals surface area contributed by atoms with Gasteiger partial charge in [-0.15, -0.1) is 0 Å². The van der Waals surface area contributed by atoms with Gasteiger partial charge in [-0.25, -0.2) is 9.97 Å². The smallest absolute Gasteiger partial charge is 0.116 e. The van der Waals surface area contributed by atoms with Gasteiger partial charge in [0, 0.05) is 11.1 Å². The van der Waals surface area contributed by atoms with Gasteiger partial charge in [0.15, 0.2) is 0 Å². The van der Waals surface area contributed by atoms with E-state index in [4.69, 9.17) is 46.4 Å². The maximum atomic E-state index is 6.05. The van der Waals surface area contributed by atoms with Crippen molar-refractivity contribution in [2.45, 2.75) is 0 Å². The van der Waals surface area contributed by atoms with E-state index in [9.17, 15) is 0 Å². The van der Waals surface area contributed by atoms with Crippen LogP contribution in [0.1, 0.15) is 0 Å². The van der Waals surface area contributed by atoms with Gasteiger partial charge < -0.3 is 0 Å². The summed E-state index contributed by atoms with van der Waals surface area (Å²) in [6, 6.07) is 12.6. The molecule has 0 aliphatic heterocycles. The number of benzene rings is 2. The van der Waals surface area contributed by atoms with Crippen molar-refractivity contribution in [2.75, 3.05) is 0 Å². The third-order valence-electron chi connectivity index (χ3n) is 3.10. The molecule has 0 radical (unpaired) electrons. The lowest BCUT2D eigenvalue weighted by atomic mass is 10.1. The molecule has 0 atom stereocenters. The van der Waals surface area contributed by atoms with Gasteiger partial charge in [-0.3, -0.25) is 0 Å². The lowest BCUT2D eigenvalue weighted by Crippen LogP contribution is -1.89. The average molecular weight is 370 g/mol. The van der Waals surface area contributed by atoms with Crippen LogP contribution in [0.5, 0.6) is 0 Å². The van der Waals surface area contributed by atoms with Gasteiger partial charge in [-0.05, 0) is 30.3 Å².